The molecule has 0 radical (unpaired) electrons. The fraction of sp³-hybridized carbons (Fsp3) is 0.533. The standard InChI is InChI=1S/C15H17ClFNO3/c1-20-7-10-13(9-4-5-21-14(9)10)18-15(19)8-2-3-12(17)11(16)6-8/h2-3,6,9-10,13-14H,4-5,7H2,1H3,(H,18,19)/t9-,10+,13-,14-/m1/s1. The number of nitrogens with one attached hydrogen (secondary N) is 1. The fourth-order valence-electron chi connectivity index (χ4n) is 3.31. The molecule has 1 heterocycles. The molecule has 1 aromatic rings. The highest BCUT2D eigenvalue weighted by Gasteiger charge is 2.54. The summed E-state index contributed by atoms with van der Waals surface area (Å²) in [4.78, 5) is 12.3. The smallest absolute Gasteiger partial charge is 0.251 e. The van der Waals surface area contributed by atoms with E-state index in [1.807, 2.05) is 0 Å². The second kappa shape index (κ2) is 5.91. The van der Waals surface area contributed by atoms with Crippen molar-refractivity contribution in [1.82, 2.24) is 5.32 Å². The molecule has 1 amide bonds. The number of carbonyl (C=O) groups excluding carboxylic acids is 1. The summed E-state index contributed by atoms with van der Waals surface area (Å²) >= 11 is 5.71. The van der Waals surface area contributed by atoms with Gasteiger partial charge in [0.05, 0.1) is 17.7 Å². The van der Waals surface area contributed by atoms with Crippen molar-refractivity contribution in [3.63, 3.8) is 0 Å². The number of hydrogen-bond donors (Lipinski definition) is 1. The molecular weight excluding hydrogens is 297 g/mol. The first-order valence-corrected chi connectivity index (χ1v) is 7.36. The molecule has 1 aromatic carbocycles. The van der Waals surface area contributed by atoms with E-state index in [0.717, 1.165) is 13.0 Å². The van der Waals surface area contributed by atoms with E-state index in [-0.39, 0.29) is 29.0 Å². The predicted octanol–water partition coefficient (Wildman–Crippen LogP) is 2.26. The quantitative estimate of drug-likeness (QED) is 0.927. The van der Waals surface area contributed by atoms with Crippen molar-refractivity contribution in [3.8, 4) is 0 Å². The van der Waals surface area contributed by atoms with Crippen LogP contribution >= 0.6 is 11.6 Å². The summed E-state index contributed by atoms with van der Waals surface area (Å²) < 4.78 is 24.0. The maximum atomic E-state index is 13.1. The summed E-state index contributed by atoms with van der Waals surface area (Å²) in [5.41, 5.74) is 0.361. The van der Waals surface area contributed by atoms with Gasteiger partial charge in [-0.15, -0.1) is 0 Å². The summed E-state index contributed by atoms with van der Waals surface area (Å²) in [7, 11) is 1.64. The SMILES string of the molecule is COC[C@H]1[C@H](NC(=O)c2ccc(F)c(Cl)c2)[C@H]2CCO[C@H]21. The van der Waals surface area contributed by atoms with Gasteiger partial charge in [-0.25, -0.2) is 4.39 Å². The Hall–Kier alpha value is -1.17. The topological polar surface area (TPSA) is 47.6 Å². The van der Waals surface area contributed by atoms with Gasteiger partial charge >= 0.3 is 0 Å². The van der Waals surface area contributed by atoms with Gasteiger partial charge in [0, 0.05) is 37.2 Å². The van der Waals surface area contributed by atoms with Crippen molar-refractivity contribution in [3.05, 3.63) is 34.6 Å². The van der Waals surface area contributed by atoms with Crippen molar-refractivity contribution in [2.75, 3.05) is 20.3 Å². The summed E-state index contributed by atoms with van der Waals surface area (Å²) in [6.07, 6.45) is 1.12. The first-order chi connectivity index (χ1) is 10.1. The van der Waals surface area contributed by atoms with Gasteiger partial charge in [0.1, 0.15) is 5.82 Å². The Balaban J connectivity index is 1.70. The van der Waals surface area contributed by atoms with Gasteiger partial charge in [-0.1, -0.05) is 11.6 Å². The molecule has 6 heteroatoms. The van der Waals surface area contributed by atoms with Crippen LogP contribution in [0.1, 0.15) is 16.8 Å². The van der Waals surface area contributed by atoms with Crippen LogP contribution in [0.25, 0.3) is 0 Å². The number of hydrogen-bond acceptors (Lipinski definition) is 3. The maximum absolute atomic E-state index is 13.1. The summed E-state index contributed by atoms with van der Waals surface area (Å²) in [6, 6.07) is 4.02. The second-order valence-electron chi connectivity index (χ2n) is 5.54. The van der Waals surface area contributed by atoms with Crippen LogP contribution in [0.2, 0.25) is 5.02 Å². The van der Waals surface area contributed by atoms with E-state index in [2.05, 4.69) is 5.32 Å². The van der Waals surface area contributed by atoms with Crippen LogP contribution in [0.15, 0.2) is 18.2 Å². The zero-order valence-electron chi connectivity index (χ0n) is 11.6. The largest absolute Gasteiger partial charge is 0.384 e. The van der Waals surface area contributed by atoms with Crippen molar-refractivity contribution in [1.29, 1.82) is 0 Å². The fourth-order valence-corrected chi connectivity index (χ4v) is 3.49. The lowest BCUT2D eigenvalue weighted by Gasteiger charge is -2.47. The van der Waals surface area contributed by atoms with Crippen molar-refractivity contribution in [2.24, 2.45) is 11.8 Å². The van der Waals surface area contributed by atoms with Crippen LogP contribution in [0.3, 0.4) is 0 Å². The molecule has 4 nitrogen and oxygen atoms in total. The minimum Gasteiger partial charge on any atom is -0.384 e. The summed E-state index contributed by atoms with van der Waals surface area (Å²) in [5, 5.41) is 2.96. The highest BCUT2D eigenvalue weighted by Crippen LogP contribution is 2.43. The third-order valence-electron chi connectivity index (χ3n) is 4.37. The molecule has 0 aromatic heterocycles. The summed E-state index contributed by atoms with van der Waals surface area (Å²) in [6.45, 7) is 1.28. The Labute approximate surface area is 127 Å². The first kappa shape index (κ1) is 14.8. The highest BCUT2D eigenvalue weighted by atomic mass is 35.5. The van der Waals surface area contributed by atoms with E-state index >= 15 is 0 Å². The monoisotopic (exact) mass is 313 g/mol. The van der Waals surface area contributed by atoms with E-state index < -0.39 is 5.82 Å². The van der Waals surface area contributed by atoms with E-state index in [0.29, 0.717) is 18.1 Å². The molecule has 21 heavy (non-hydrogen) atoms. The molecule has 1 aliphatic heterocycles. The van der Waals surface area contributed by atoms with Crippen molar-refractivity contribution in [2.45, 2.75) is 18.6 Å². The van der Waals surface area contributed by atoms with Gasteiger partial charge in [0.15, 0.2) is 0 Å². The van der Waals surface area contributed by atoms with Gasteiger partial charge in [0.2, 0.25) is 0 Å². The number of ether oxygens (including phenoxy) is 2. The van der Waals surface area contributed by atoms with Crippen LogP contribution in [0, 0.1) is 17.7 Å². The molecular formula is C15H17ClFNO3. The predicted molar refractivity (Wildman–Crippen MR) is 75.9 cm³/mol. The maximum Gasteiger partial charge on any atom is 0.251 e. The van der Waals surface area contributed by atoms with Gasteiger partial charge in [-0.3, -0.25) is 4.79 Å². The molecule has 1 saturated carbocycles. The number of methoxy groups -OCH3 is 1. The zero-order valence-corrected chi connectivity index (χ0v) is 12.4. The number of carbonyl (C=O) groups is 1. The molecule has 1 saturated heterocycles. The lowest BCUT2D eigenvalue weighted by atomic mass is 9.67. The normalized spacial score (nSPS) is 30.6. The van der Waals surface area contributed by atoms with Crippen LogP contribution in [-0.2, 0) is 9.47 Å². The molecule has 0 spiro atoms. The Morgan fingerprint density at radius 2 is 2.38 bits per heavy atom. The number of benzene rings is 1. The number of fused-ring (bicyclic) bond motifs is 1. The lowest BCUT2D eigenvalue weighted by Crippen LogP contribution is -2.62. The highest BCUT2D eigenvalue weighted by molar-refractivity contribution is 6.31. The Kier molecular flexibility index (Phi) is 4.15. The Morgan fingerprint density at radius 3 is 3.10 bits per heavy atom. The van der Waals surface area contributed by atoms with Crippen molar-refractivity contribution < 1.29 is 18.7 Å². The minimum absolute atomic E-state index is 0.0359. The number of rotatable bonds is 4. The summed E-state index contributed by atoms with van der Waals surface area (Å²) in [5.74, 6) is -0.265. The molecule has 1 N–H and O–H groups in total. The Bertz CT molecular complexity index is 554. The van der Waals surface area contributed by atoms with Crippen LogP contribution in [0.5, 0.6) is 0 Å². The van der Waals surface area contributed by atoms with Gasteiger partial charge < -0.3 is 14.8 Å². The average molecular weight is 314 g/mol. The number of halogens is 2. The second-order valence-corrected chi connectivity index (χ2v) is 5.94. The van der Waals surface area contributed by atoms with E-state index in [9.17, 15) is 9.18 Å². The molecule has 1 aliphatic carbocycles. The average Bonchev–Trinajstić information content (AvgIpc) is 2.89. The van der Waals surface area contributed by atoms with E-state index in [1.165, 1.54) is 18.2 Å². The van der Waals surface area contributed by atoms with E-state index in [4.69, 9.17) is 21.1 Å². The van der Waals surface area contributed by atoms with E-state index in [1.54, 1.807) is 7.11 Å². The molecule has 0 bridgehead atoms. The third-order valence-corrected chi connectivity index (χ3v) is 4.66. The molecule has 4 atom stereocenters. The van der Waals surface area contributed by atoms with Crippen LogP contribution < -0.4 is 5.32 Å². The Morgan fingerprint density at radius 1 is 1.57 bits per heavy atom. The zero-order chi connectivity index (χ0) is 15.0. The number of amides is 1. The molecule has 2 fully saturated rings. The molecule has 114 valence electrons. The van der Waals surface area contributed by atoms with Gasteiger partial charge in [-0.2, -0.15) is 0 Å². The molecule has 3 rings (SSSR count). The first-order valence-electron chi connectivity index (χ1n) is 6.98. The molecule has 2 aliphatic rings. The van der Waals surface area contributed by atoms with Crippen molar-refractivity contribution >= 4 is 17.5 Å². The van der Waals surface area contributed by atoms with Crippen LogP contribution in [-0.4, -0.2) is 38.4 Å². The third kappa shape index (κ3) is 2.65. The molecule has 0 unspecified atom stereocenters. The lowest BCUT2D eigenvalue weighted by molar-refractivity contribution is -0.0809. The minimum atomic E-state index is -0.529. The van der Waals surface area contributed by atoms with Gasteiger partial charge in [-0.05, 0) is 24.6 Å². The van der Waals surface area contributed by atoms with Gasteiger partial charge in [0.25, 0.3) is 5.91 Å². The van der Waals surface area contributed by atoms with Crippen LogP contribution in [0.4, 0.5) is 4.39 Å².